The molecule has 1 aromatic carbocycles. The molecule has 0 heterocycles. The van der Waals surface area contributed by atoms with Gasteiger partial charge >= 0.3 is 0 Å². The molecule has 7 heteroatoms. The van der Waals surface area contributed by atoms with Crippen molar-refractivity contribution in [2.45, 2.75) is 0 Å². The third kappa shape index (κ3) is 4.75. The highest BCUT2D eigenvalue weighted by Gasteiger charge is 2.05. The number of hydrogen-bond acceptors (Lipinski definition) is 3. The first-order chi connectivity index (χ1) is 8.54. The third-order valence-electron chi connectivity index (χ3n) is 1.83. The van der Waals surface area contributed by atoms with Crippen molar-refractivity contribution < 1.29 is 5.11 Å². The first-order valence-electron chi connectivity index (χ1n) is 4.90. The number of hydrazone groups is 1. The zero-order chi connectivity index (χ0) is 13.5. The van der Waals surface area contributed by atoms with E-state index in [1.807, 2.05) is 0 Å². The minimum Gasteiger partial charge on any atom is -0.506 e. The number of thiocarbonyl (C=S) groups is 1. The van der Waals surface area contributed by atoms with Crippen molar-refractivity contribution in [1.29, 1.82) is 0 Å². The molecule has 96 valence electrons. The summed E-state index contributed by atoms with van der Waals surface area (Å²) < 4.78 is 1.42. The second-order valence-electron chi connectivity index (χ2n) is 3.19. The number of aromatic hydroxyl groups is 1. The van der Waals surface area contributed by atoms with E-state index in [1.54, 1.807) is 18.2 Å². The second-order valence-corrected chi connectivity index (χ2v) is 5.37. The molecule has 0 aliphatic rings. The van der Waals surface area contributed by atoms with Crippen LogP contribution in [0.15, 0.2) is 38.8 Å². The fourth-order valence-electron chi connectivity index (χ4n) is 1.05. The third-order valence-corrected chi connectivity index (χ3v) is 3.13. The number of benzene rings is 1. The van der Waals surface area contributed by atoms with Gasteiger partial charge in [0.05, 0.1) is 10.7 Å². The number of phenolic OH excluding ortho intramolecular Hbond substituents is 1. The van der Waals surface area contributed by atoms with Gasteiger partial charge < -0.3 is 10.4 Å². The van der Waals surface area contributed by atoms with Gasteiger partial charge in [-0.05, 0) is 40.3 Å². The molecule has 4 nitrogen and oxygen atoms in total. The summed E-state index contributed by atoms with van der Waals surface area (Å²) in [6.07, 6.45) is 3.17. The molecular formula is C11H11Br2N3OS. The summed E-state index contributed by atoms with van der Waals surface area (Å²) in [5.74, 6) is 0.119. The summed E-state index contributed by atoms with van der Waals surface area (Å²) in [5.41, 5.74) is 3.20. The van der Waals surface area contributed by atoms with E-state index in [0.29, 0.717) is 21.7 Å². The van der Waals surface area contributed by atoms with Gasteiger partial charge in [-0.2, -0.15) is 5.10 Å². The Hall–Kier alpha value is -0.920. The van der Waals surface area contributed by atoms with Crippen molar-refractivity contribution in [2.75, 3.05) is 6.54 Å². The van der Waals surface area contributed by atoms with Crippen molar-refractivity contribution in [2.24, 2.45) is 5.10 Å². The Morgan fingerprint density at radius 2 is 2.22 bits per heavy atom. The number of nitrogens with zero attached hydrogens (tertiary/aromatic N) is 1. The Kier molecular flexibility index (Phi) is 6.31. The van der Waals surface area contributed by atoms with Crippen LogP contribution in [-0.2, 0) is 0 Å². The van der Waals surface area contributed by atoms with Gasteiger partial charge in [-0.25, -0.2) is 0 Å². The van der Waals surface area contributed by atoms with E-state index in [2.05, 4.69) is 54.3 Å². The summed E-state index contributed by atoms with van der Waals surface area (Å²) in [6, 6.07) is 3.49. The Labute approximate surface area is 127 Å². The summed E-state index contributed by atoms with van der Waals surface area (Å²) in [7, 11) is 0. The van der Waals surface area contributed by atoms with Crippen molar-refractivity contribution in [3.8, 4) is 5.75 Å². The normalized spacial score (nSPS) is 10.3. The summed E-state index contributed by atoms with van der Waals surface area (Å²) in [6.45, 7) is 4.12. The van der Waals surface area contributed by atoms with Crippen LogP contribution in [0.2, 0.25) is 0 Å². The van der Waals surface area contributed by atoms with Gasteiger partial charge in [0.15, 0.2) is 5.11 Å². The van der Waals surface area contributed by atoms with Gasteiger partial charge in [-0.1, -0.05) is 22.0 Å². The average Bonchev–Trinajstić information content (AvgIpc) is 2.32. The van der Waals surface area contributed by atoms with E-state index in [4.69, 9.17) is 12.2 Å². The average molecular weight is 393 g/mol. The minimum absolute atomic E-state index is 0.119. The van der Waals surface area contributed by atoms with E-state index >= 15 is 0 Å². The molecule has 0 aliphatic carbocycles. The number of nitrogens with one attached hydrogen (secondary N) is 2. The first kappa shape index (κ1) is 15.1. The zero-order valence-corrected chi connectivity index (χ0v) is 13.3. The van der Waals surface area contributed by atoms with Crippen molar-refractivity contribution in [3.05, 3.63) is 39.3 Å². The molecule has 0 radical (unpaired) electrons. The lowest BCUT2D eigenvalue weighted by atomic mass is 10.2. The Bertz CT molecular complexity index is 491. The number of phenols is 1. The van der Waals surface area contributed by atoms with Gasteiger partial charge in [-0.15, -0.1) is 6.58 Å². The molecule has 0 aromatic heterocycles. The lowest BCUT2D eigenvalue weighted by Gasteiger charge is -2.05. The van der Waals surface area contributed by atoms with Crippen LogP contribution in [0.5, 0.6) is 5.75 Å². The molecule has 0 bridgehead atoms. The standard InChI is InChI=1S/C11H11Br2N3OS/c1-2-3-14-11(18)16-15-6-7-4-8(12)5-9(13)10(7)17/h2,4-6,17H,1,3H2,(H2,14,16,18)/b15-6+. The molecule has 0 saturated heterocycles. The molecule has 1 aromatic rings. The Morgan fingerprint density at radius 3 is 2.89 bits per heavy atom. The van der Waals surface area contributed by atoms with Crippen LogP contribution in [0.25, 0.3) is 0 Å². The predicted octanol–water partition coefficient (Wildman–Crippen LogP) is 2.90. The van der Waals surface area contributed by atoms with Crippen LogP contribution in [0, 0.1) is 0 Å². The van der Waals surface area contributed by atoms with Crippen LogP contribution in [0.1, 0.15) is 5.56 Å². The smallest absolute Gasteiger partial charge is 0.187 e. The lowest BCUT2D eigenvalue weighted by Crippen LogP contribution is -2.31. The first-order valence-corrected chi connectivity index (χ1v) is 6.90. The molecule has 1 rings (SSSR count). The Balaban J connectivity index is 2.67. The van der Waals surface area contributed by atoms with Gasteiger partial charge in [0.25, 0.3) is 0 Å². The summed E-state index contributed by atoms with van der Waals surface area (Å²) in [5, 5.41) is 17.0. The minimum atomic E-state index is 0.119. The van der Waals surface area contributed by atoms with Gasteiger partial charge in [0.1, 0.15) is 5.75 Å². The highest BCUT2D eigenvalue weighted by Crippen LogP contribution is 2.30. The monoisotopic (exact) mass is 391 g/mol. The topological polar surface area (TPSA) is 56.7 Å². The van der Waals surface area contributed by atoms with E-state index in [0.717, 1.165) is 4.47 Å². The molecule has 0 amide bonds. The van der Waals surface area contributed by atoms with Crippen LogP contribution in [0.4, 0.5) is 0 Å². The molecule has 0 saturated carbocycles. The maximum atomic E-state index is 9.78. The molecule has 0 fully saturated rings. The van der Waals surface area contributed by atoms with Gasteiger partial charge in [-0.3, -0.25) is 5.43 Å². The zero-order valence-electron chi connectivity index (χ0n) is 9.28. The van der Waals surface area contributed by atoms with Gasteiger partial charge in [0.2, 0.25) is 0 Å². The quantitative estimate of drug-likeness (QED) is 0.319. The summed E-state index contributed by atoms with van der Waals surface area (Å²) in [4.78, 5) is 0. The Morgan fingerprint density at radius 1 is 1.50 bits per heavy atom. The van der Waals surface area contributed by atoms with E-state index in [1.165, 1.54) is 6.21 Å². The number of hydrogen-bond donors (Lipinski definition) is 3. The van der Waals surface area contributed by atoms with E-state index < -0.39 is 0 Å². The molecule has 0 unspecified atom stereocenters. The molecular weight excluding hydrogens is 382 g/mol. The van der Waals surface area contributed by atoms with Crippen molar-refractivity contribution in [3.63, 3.8) is 0 Å². The molecule has 0 spiro atoms. The van der Waals surface area contributed by atoms with Crippen LogP contribution in [-0.4, -0.2) is 23.0 Å². The highest BCUT2D eigenvalue weighted by molar-refractivity contribution is 9.11. The van der Waals surface area contributed by atoms with E-state index in [-0.39, 0.29) is 5.75 Å². The molecule has 0 atom stereocenters. The number of halogens is 2. The lowest BCUT2D eigenvalue weighted by molar-refractivity contribution is 0.471. The van der Waals surface area contributed by atoms with Crippen molar-refractivity contribution in [1.82, 2.24) is 10.7 Å². The van der Waals surface area contributed by atoms with Crippen molar-refractivity contribution >= 4 is 55.4 Å². The largest absolute Gasteiger partial charge is 0.506 e. The maximum absolute atomic E-state index is 9.78. The highest BCUT2D eigenvalue weighted by atomic mass is 79.9. The van der Waals surface area contributed by atoms with Crippen LogP contribution >= 0.6 is 44.1 Å². The maximum Gasteiger partial charge on any atom is 0.187 e. The molecule has 0 aliphatic heterocycles. The fourth-order valence-corrected chi connectivity index (χ4v) is 2.44. The summed E-state index contributed by atoms with van der Waals surface area (Å²) >= 11 is 11.5. The van der Waals surface area contributed by atoms with E-state index in [9.17, 15) is 5.11 Å². The SMILES string of the molecule is C=CCNC(=S)N/N=C/c1cc(Br)cc(Br)c1O. The fraction of sp³-hybridized carbons (Fsp3) is 0.0909. The predicted molar refractivity (Wildman–Crippen MR) is 85.0 cm³/mol. The van der Waals surface area contributed by atoms with Crippen LogP contribution < -0.4 is 10.7 Å². The number of rotatable bonds is 4. The second kappa shape index (κ2) is 7.50. The van der Waals surface area contributed by atoms with Gasteiger partial charge in [0, 0.05) is 16.6 Å². The molecule has 18 heavy (non-hydrogen) atoms. The molecule has 3 N–H and O–H groups in total. The van der Waals surface area contributed by atoms with Crippen LogP contribution in [0.3, 0.4) is 0 Å².